The van der Waals surface area contributed by atoms with Gasteiger partial charge in [0, 0.05) is 37.5 Å². The van der Waals surface area contributed by atoms with Crippen molar-refractivity contribution in [3.63, 3.8) is 0 Å². The van der Waals surface area contributed by atoms with Crippen molar-refractivity contribution >= 4 is 17.2 Å². The first kappa shape index (κ1) is 25.5. The minimum atomic E-state index is -0.00952. The number of allylic oxidation sites excluding steroid dienone is 2. The molecule has 2 aromatic rings. The number of likely N-dealkylation sites (N-methyl/N-ethyl adjacent to an activating group) is 1. The van der Waals surface area contributed by atoms with Crippen molar-refractivity contribution in [2.24, 2.45) is 4.99 Å². The van der Waals surface area contributed by atoms with Crippen molar-refractivity contribution < 1.29 is 15.3 Å². The number of nitrogens with zero attached hydrogens (tertiary/aromatic N) is 2. The highest BCUT2D eigenvalue weighted by Crippen LogP contribution is 2.31. The van der Waals surface area contributed by atoms with Gasteiger partial charge in [-0.15, -0.1) is 0 Å². The van der Waals surface area contributed by atoms with E-state index in [2.05, 4.69) is 30.7 Å². The number of hydrogen-bond acceptors (Lipinski definition) is 6. The fourth-order valence-corrected chi connectivity index (χ4v) is 3.89. The summed E-state index contributed by atoms with van der Waals surface area (Å²) in [6.45, 7) is 11.2. The first-order valence-electron chi connectivity index (χ1n) is 11.7. The van der Waals surface area contributed by atoms with Crippen molar-refractivity contribution in [1.29, 1.82) is 0 Å². The van der Waals surface area contributed by atoms with Gasteiger partial charge in [0.05, 0.1) is 11.3 Å². The highest BCUT2D eigenvalue weighted by Gasteiger charge is 2.22. The lowest BCUT2D eigenvalue weighted by molar-refractivity contribution is 0.446. The van der Waals surface area contributed by atoms with Crippen molar-refractivity contribution in [2.45, 2.75) is 26.2 Å². The van der Waals surface area contributed by atoms with Crippen LogP contribution in [0.25, 0.3) is 11.4 Å². The van der Waals surface area contributed by atoms with Crippen molar-refractivity contribution in [3.05, 3.63) is 90.3 Å². The maximum Gasteiger partial charge on any atom is 0.130 e. The quantitative estimate of drug-likeness (QED) is 0.313. The van der Waals surface area contributed by atoms with Crippen LogP contribution in [0.5, 0.6) is 17.2 Å². The van der Waals surface area contributed by atoms with Crippen molar-refractivity contribution in [1.82, 2.24) is 15.5 Å². The summed E-state index contributed by atoms with van der Waals surface area (Å²) in [4.78, 5) is 6.82. The van der Waals surface area contributed by atoms with Gasteiger partial charge in [-0.3, -0.25) is 4.99 Å². The number of amidine groups is 1. The largest absolute Gasteiger partial charge is 0.507 e. The molecule has 0 unspecified atom stereocenters. The number of rotatable bonds is 10. The van der Waals surface area contributed by atoms with Gasteiger partial charge >= 0.3 is 0 Å². The van der Waals surface area contributed by atoms with Gasteiger partial charge < -0.3 is 30.9 Å². The number of benzene rings is 2. The molecule has 35 heavy (non-hydrogen) atoms. The summed E-state index contributed by atoms with van der Waals surface area (Å²) in [5.74, 6) is 1.87. The third-order valence-corrected chi connectivity index (χ3v) is 5.85. The molecule has 0 amide bonds. The molecular formula is C28H34N4O3. The number of hydrogen-bond donors (Lipinski definition) is 5. The maximum atomic E-state index is 10.4. The van der Waals surface area contributed by atoms with Gasteiger partial charge in [0.15, 0.2) is 0 Å². The maximum absolute atomic E-state index is 10.4. The monoisotopic (exact) mass is 474 g/mol. The summed E-state index contributed by atoms with van der Waals surface area (Å²) in [5, 5.41) is 36.9. The Hall–Kier alpha value is -4.13. The minimum absolute atomic E-state index is 0.00952. The lowest BCUT2D eigenvalue weighted by Crippen LogP contribution is -2.38. The van der Waals surface area contributed by atoms with E-state index in [1.807, 2.05) is 36.2 Å². The molecule has 0 bridgehead atoms. The van der Waals surface area contributed by atoms with Crippen LogP contribution in [-0.2, 0) is 0 Å². The predicted octanol–water partition coefficient (Wildman–Crippen LogP) is 4.93. The molecule has 0 aromatic heterocycles. The van der Waals surface area contributed by atoms with Gasteiger partial charge in [-0.25, -0.2) is 0 Å². The molecule has 3 rings (SSSR count). The van der Waals surface area contributed by atoms with Crippen LogP contribution in [0.1, 0.15) is 37.3 Å². The second-order valence-electron chi connectivity index (χ2n) is 8.21. The minimum Gasteiger partial charge on any atom is -0.507 e. The van der Waals surface area contributed by atoms with E-state index >= 15 is 0 Å². The zero-order valence-corrected chi connectivity index (χ0v) is 20.4. The molecule has 7 heteroatoms. The second-order valence-corrected chi connectivity index (χ2v) is 8.21. The molecule has 1 aliphatic rings. The molecule has 184 valence electrons. The summed E-state index contributed by atoms with van der Waals surface area (Å²) in [7, 11) is 1.96. The number of phenols is 3. The molecule has 0 radical (unpaired) electrons. The van der Waals surface area contributed by atoms with Crippen molar-refractivity contribution in [3.8, 4) is 17.2 Å². The van der Waals surface area contributed by atoms with E-state index in [0.717, 1.165) is 42.2 Å². The normalized spacial score (nSPS) is 15.9. The lowest BCUT2D eigenvalue weighted by atomic mass is 10.1. The summed E-state index contributed by atoms with van der Waals surface area (Å²) >= 11 is 0. The van der Waals surface area contributed by atoms with Crippen molar-refractivity contribution in [2.75, 3.05) is 20.1 Å². The van der Waals surface area contributed by atoms with Gasteiger partial charge in [-0.2, -0.15) is 0 Å². The molecule has 1 aliphatic heterocycles. The Morgan fingerprint density at radius 1 is 1.06 bits per heavy atom. The molecular weight excluding hydrogens is 440 g/mol. The van der Waals surface area contributed by atoms with Gasteiger partial charge in [0.25, 0.3) is 0 Å². The number of para-hydroxylation sites is 1. The Bertz CT molecular complexity index is 1160. The van der Waals surface area contributed by atoms with Crippen LogP contribution < -0.4 is 10.6 Å². The van der Waals surface area contributed by atoms with Gasteiger partial charge in [0.1, 0.15) is 28.9 Å². The van der Waals surface area contributed by atoms with Crippen LogP contribution in [0, 0.1) is 0 Å². The first-order valence-corrected chi connectivity index (χ1v) is 11.7. The smallest absolute Gasteiger partial charge is 0.130 e. The molecule has 1 heterocycles. The SMILES string of the molecule is C=C/C(CC)=C1/NC(c2ccccc2O)=CC(=NCCCCNC(=C)c2c(O)cccc2O)N1C. The predicted molar refractivity (Wildman–Crippen MR) is 143 cm³/mol. The van der Waals surface area contributed by atoms with E-state index in [4.69, 9.17) is 4.99 Å². The molecule has 0 aliphatic carbocycles. The fraction of sp³-hybridized carbons (Fsp3) is 0.250. The molecule has 5 N–H and O–H groups in total. The average molecular weight is 475 g/mol. The van der Waals surface area contributed by atoms with Crippen LogP contribution in [0.3, 0.4) is 0 Å². The zero-order valence-electron chi connectivity index (χ0n) is 20.4. The van der Waals surface area contributed by atoms with Crippen LogP contribution in [-0.4, -0.2) is 46.2 Å². The molecule has 0 saturated heterocycles. The second kappa shape index (κ2) is 11.8. The first-order chi connectivity index (χ1) is 16.9. The highest BCUT2D eigenvalue weighted by molar-refractivity contribution is 6.02. The third kappa shape index (κ3) is 6.06. The lowest BCUT2D eigenvalue weighted by Gasteiger charge is -2.32. The zero-order chi connectivity index (χ0) is 25.4. The summed E-state index contributed by atoms with van der Waals surface area (Å²) in [6, 6.07) is 11.8. The number of aliphatic imine (C=N–C) groups is 1. The Labute approximate surface area is 207 Å². The third-order valence-electron chi connectivity index (χ3n) is 5.85. The van der Waals surface area contributed by atoms with Crippen LogP contribution >= 0.6 is 0 Å². The van der Waals surface area contributed by atoms with E-state index < -0.39 is 0 Å². The topological polar surface area (TPSA) is 100 Å². The van der Waals surface area contributed by atoms with E-state index in [-0.39, 0.29) is 17.2 Å². The Balaban J connectivity index is 1.68. The molecule has 0 atom stereocenters. The number of nitrogens with one attached hydrogen (secondary N) is 2. The van der Waals surface area contributed by atoms with E-state index in [9.17, 15) is 15.3 Å². The van der Waals surface area contributed by atoms with E-state index in [1.165, 1.54) is 12.1 Å². The Morgan fingerprint density at radius 3 is 2.40 bits per heavy atom. The summed E-state index contributed by atoms with van der Waals surface area (Å²) in [6.07, 6.45) is 6.25. The standard InChI is InChI=1S/C28H34N4O3/c1-5-20(6-2)28-31-22(21-12-7-8-13-23(21)33)18-26(32(28)4)30-17-10-9-16-29-19(3)27-24(34)14-11-15-25(27)35/h5,7-8,11-15,18,29,31,33-35H,1,3,6,9-10,16-17H2,2,4H3/b28-20+,30-26?. The van der Waals surface area contributed by atoms with E-state index in [1.54, 1.807) is 18.2 Å². The highest BCUT2D eigenvalue weighted by atomic mass is 16.3. The Kier molecular flexibility index (Phi) is 8.62. The fourth-order valence-electron chi connectivity index (χ4n) is 3.89. The molecule has 0 spiro atoms. The van der Waals surface area contributed by atoms with Gasteiger partial charge in [0.2, 0.25) is 0 Å². The van der Waals surface area contributed by atoms with Crippen LogP contribution in [0.4, 0.5) is 0 Å². The summed E-state index contributed by atoms with van der Waals surface area (Å²) < 4.78 is 0. The average Bonchev–Trinajstić information content (AvgIpc) is 2.84. The molecule has 7 nitrogen and oxygen atoms in total. The molecule has 0 fully saturated rings. The van der Waals surface area contributed by atoms with Crippen LogP contribution in [0.2, 0.25) is 0 Å². The van der Waals surface area contributed by atoms with E-state index in [0.29, 0.717) is 29.9 Å². The number of aromatic hydroxyl groups is 3. The van der Waals surface area contributed by atoms with Gasteiger partial charge in [-0.1, -0.05) is 44.4 Å². The number of phenolic OH excluding ortho intramolecular Hbond substituents is 3. The van der Waals surface area contributed by atoms with Crippen LogP contribution in [0.15, 0.2) is 84.2 Å². The van der Waals surface area contributed by atoms with Gasteiger partial charge in [-0.05, 0) is 49.1 Å². The Morgan fingerprint density at radius 2 is 1.74 bits per heavy atom. The molecule has 2 aromatic carbocycles. The number of unbranched alkanes of at least 4 members (excludes halogenated alkanes) is 1. The molecule has 0 saturated carbocycles. The summed E-state index contributed by atoms with van der Waals surface area (Å²) in [5.41, 5.74) is 3.34.